The van der Waals surface area contributed by atoms with Gasteiger partial charge in [0.05, 0.1) is 13.7 Å². The normalized spacial score (nSPS) is 16.2. The zero-order valence-electron chi connectivity index (χ0n) is 17.2. The van der Waals surface area contributed by atoms with Crippen molar-refractivity contribution >= 4 is 17.9 Å². The molecule has 0 aromatic heterocycles. The molecule has 1 aliphatic rings. The maximum absolute atomic E-state index is 12.9. The molecule has 148 valence electrons. The van der Waals surface area contributed by atoms with Crippen LogP contribution in [0.1, 0.15) is 40.2 Å². The Balaban J connectivity index is 2.50. The second kappa shape index (κ2) is 8.75. The average molecular weight is 382 g/mol. The second-order valence-corrected chi connectivity index (χ2v) is 7.36. The molecule has 6 heteroatoms. The van der Waals surface area contributed by atoms with E-state index < -0.39 is 11.8 Å². The zero-order chi connectivity index (χ0) is 21.0. The molecule has 2 amide bonds. The molecule has 0 radical (unpaired) electrons. The third-order valence-electron chi connectivity index (χ3n) is 4.36. The number of nitrogens with zero attached hydrogens (tertiary/aromatic N) is 2. The highest BCUT2D eigenvalue weighted by molar-refractivity contribution is 6.19. The van der Waals surface area contributed by atoms with E-state index in [2.05, 4.69) is 13.8 Å². The molecule has 0 spiro atoms. The highest BCUT2D eigenvalue weighted by Crippen LogP contribution is 2.32. The van der Waals surface area contributed by atoms with Crippen LogP contribution in [0.5, 0.6) is 11.5 Å². The molecule has 0 unspecified atom stereocenters. The van der Waals surface area contributed by atoms with E-state index in [0.29, 0.717) is 40.7 Å². The van der Waals surface area contributed by atoms with E-state index in [4.69, 9.17) is 9.47 Å². The Bertz CT molecular complexity index is 888. The lowest BCUT2D eigenvalue weighted by atomic mass is 9.93. The smallest absolute Gasteiger partial charge is 0.271 e. The topological polar surface area (TPSA) is 79.6 Å². The molecule has 0 bridgehead atoms. The number of methoxy groups -OCH3 is 1. The lowest BCUT2D eigenvalue weighted by Crippen LogP contribution is -2.46. The van der Waals surface area contributed by atoms with Gasteiger partial charge in [0.15, 0.2) is 11.5 Å². The molecule has 1 aliphatic heterocycles. The Labute approximate surface area is 166 Å². The first kappa shape index (κ1) is 21.2. The van der Waals surface area contributed by atoms with Crippen LogP contribution in [0.2, 0.25) is 0 Å². The Morgan fingerprint density at radius 2 is 1.82 bits per heavy atom. The molecule has 28 heavy (non-hydrogen) atoms. The Morgan fingerprint density at radius 3 is 2.36 bits per heavy atom. The van der Waals surface area contributed by atoms with Crippen LogP contribution in [0.25, 0.3) is 6.08 Å². The Hall–Kier alpha value is -3.07. The van der Waals surface area contributed by atoms with Gasteiger partial charge < -0.3 is 9.47 Å². The molecule has 6 nitrogen and oxygen atoms in total. The number of hydrogen-bond acceptors (Lipinski definition) is 5. The van der Waals surface area contributed by atoms with E-state index in [1.54, 1.807) is 46.1 Å². The van der Waals surface area contributed by atoms with Gasteiger partial charge in [0.2, 0.25) is 0 Å². The molecule has 2 rings (SSSR count). The highest BCUT2D eigenvalue weighted by Gasteiger charge is 2.36. The summed E-state index contributed by atoms with van der Waals surface area (Å²) in [6, 6.07) is 6.96. The summed E-state index contributed by atoms with van der Waals surface area (Å²) in [7, 11) is 1.55. The number of benzene rings is 1. The average Bonchev–Trinajstić information content (AvgIpc) is 2.63. The molecule has 0 N–H and O–H groups in total. The van der Waals surface area contributed by atoms with Crippen molar-refractivity contribution in [1.82, 2.24) is 4.90 Å². The highest BCUT2D eigenvalue weighted by atomic mass is 16.5. The van der Waals surface area contributed by atoms with Gasteiger partial charge in [-0.2, -0.15) is 5.26 Å². The lowest BCUT2D eigenvalue weighted by molar-refractivity contribution is -0.142. The summed E-state index contributed by atoms with van der Waals surface area (Å²) in [4.78, 5) is 26.5. The number of carbonyl (C=O) groups excluding carboxylic acids is 2. The number of carbonyl (C=O) groups is 2. The molecule has 1 heterocycles. The number of rotatable bonds is 6. The third-order valence-corrected chi connectivity index (χ3v) is 4.36. The fraction of sp³-hybridized carbons (Fsp3) is 0.409. The van der Waals surface area contributed by atoms with Crippen LogP contribution < -0.4 is 9.47 Å². The molecule has 0 saturated heterocycles. The van der Waals surface area contributed by atoms with Gasteiger partial charge in [-0.05, 0) is 56.0 Å². The summed E-state index contributed by atoms with van der Waals surface area (Å²) in [5.41, 5.74) is 1.41. The van der Waals surface area contributed by atoms with Gasteiger partial charge in [0.25, 0.3) is 11.8 Å². The van der Waals surface area contributed by atoms with E-state index >= 15 is 0 Å². The largest absolute Gasteiger partial charge is 0.493 e. The summed E-state index contributed by atoms with van der Waals surface area (Å²) < 4.78 is 11.2. The summed E-state index contributed by atoms with van der Waals surface area (Å²) in [6.07, 6.45) is 1.67. The molecule has 0 saturated carbocycles. The molecular formula is C22H26N2O4. The van der Waals surface area contributed by atoms with Crippen LogP contribution >= 0.6 is 0 Å². The van der Waals surface area contributed by atoms with Crippen LogP contribution in [0.4, 0.5) is 0 Å². The third kappa shape index (κ3) is 4.25. The first-order valence-electron chi connectivity index (χ1n) is 9.23. The molecule has 1 aromatic carbocycles. The quantitative estimate of drug-likeness (QED) is 0.553. The molecule has 0 aliphatic carbocycles. The van der Waals surface area contributed by atoms with Crippen LogP contribution in [-0.2, 0) is 9.59 Å². The Kier molecular flexibility index (Phi) is 6.63. The van der Waals surface area contributed by atoms with Gasteiger partial charge in [0.1, 0.15) is 11.6 Å². The van der Waals surface area contributed by atoms with Gasteiger partial charge in [0, 0.05) is 11.6 Å². The van der Waals surface area contributed by atoms with E-state index in [0.717, 1.165) is 4.90 Å². The summed E-state index contributed by atoms with van der Waals surface area (Å²) >= 11 is 0. The predicted molar refractivity (Wildman–Crippen MR) is 107 cm³/mol. The van der Waals surface area contributed by atoms with Crippen molar-refractivity contribution in [2.45, 2.75) is 40.7 Å². The lowest BCUT2D eigenvalue weighted by Gasteiger charge is -2.30. The maximum Gasteiger partial charge on any atom is 0.271 e. The van der Waals surface area contributed by atoms with Crippen molar-refractivity contribution in [3.8, 4) is 17.6 Å². The van der Waals surface area contributed by atoms with Crippen LogP contribution in [-0.4, -0.2) is 36.5 Å². The Morgan fingerprint density at radius 1 is 1.14 bits per heavy atom. The summed E-state index contributed by atoms with van der Waals surface area (Å²) in [5, 5.41) is 9.39. The minimum Gasteiger partial charge on any atom is -0.493 e. The van der Waals surface area contributed by atoms with E-state index in [1.165, 1.54) is 0 Å². The minimum absolute atomic E-state index is 0.0107. The van der Waals surface area contributed by atoms with Crippen molar-refractivity contribution in [3.63, 3.8) is 0 Å². The van der Waals surface area contributed by atoms with Crippen molar-refractivity contribution in [2.75, 3.05) is 13.7 Å². The standard InChI is InChI=1S/C22H26N2O4/c1-13(2)12-28-19-8-7-16(10-20(19)27-6)9-17-15(5)18(11-23)22(26)24(14(3)4)21(17)25/h7-10,13-14H,12H2,1-6H3/b17-9+. The fourth-order valence-corrected chi connectivity index (χ4v) is 2.88. The first-order chi connectivity index (χ1) is 13.2. The predicted octanol–water partition coefficient (Wildman–Crippen LogP) is 3.73. The van der Waals surface area contributed by atoms with Gasteiger partial charge in [-0.1, -0.05) is 19.9 Å². The van der Waals surface area contributed by atoms with Crippen LogP contribution in [0, 0.1) is 17.2 Å². The van der Waals surface area contributed by atoms with Gasteiger partial charge in [-0.25, -0.2) is 0 Å². The van der Waals surface area contributed by atoms with E-state index in [1.807, 2.05) is 12.1 Å². The van der Waals surface area contributed by atoms with E-state index in [9.17, 15) is 14.9 Å². The van der Waals surface area contributed by atoms with E-state index in [-0.39, 0.29) is 11.6 Å². The molecule has 0 atom stereocenters. The molecule has 1 aromatic rings. The molecule has 0 fully saturated rings. The van der Waals surface area contributed by atoms with Gasteiger partial charge >= 0.3 is 0 Å². The summed E-state index contributed by atoms with van der Waals surface area (Å²) in [6.45, 7) is 9.79. The zero-order valence-corrected chi connectivity index (χ0v) is 17.2. The SMILES string of the molecule is COc1cc(/C=C2/C(=O)N(C(C)C)C(=O)C(C#N)=C2C)ccc1OCC(C)C. The van der Waals surface area contributed by atoms with Gasteiger partial charge in [-0.3, -0.25) is 14.5 Å². The number of ether oxygens (including phenoxy) is 2. The number of amides is 2. The minimum atomic E-state index is -0.549. The maximum atomic E-state index is 12.9. The van der Waals surface area contributed by atoms with Crippen LogP contribution in [0.15, 0.2) is 34.9 Å². The van der Waals surface area contributed by atoms with Crippen molar-refractivity contribution in [2.24, 2.45) is 5.92 Å². The van der Waals surface area contributed by atoms with Crippen LogP contribution in [0.3, 0.4) is 0 Å². The number of imide groups is 1. The van der Waals surface area contributed by atoms with Gasteiger partial charge in [-0.15, -0.1) is 0 Å². The second-order valence-electron chi connectivity index (χ2n) is 7.36. The van der Waals surface area contributed by atoms with Crippen molar-refractivity contribution < 1.29 is 19.1 Å². The van der Waals surface area contributed by atoms with Crippen molar-refractivity contribution in [1.29, 1.82) is 5.26 Å². The van der Waals surface area contributed by atoms with Crippen molar-refractivity contribution in [3.05, 3.63) is 40.5 Å². The monoisotopic (exact) mass is 382 g/mol. The molecular weight excluding hydrogens is 356 g/mol. The first-order valence-corrected chi connectivity index (χ1v) is 9.23. The number of hydrogen-bond donors (Lipinski definition) is 0. The number of nitriles is 1. The summed E-state index contributed by atoms with van der Waals surface area (Å²) in [5.74, 6) is 0.598. The fourth-order valence-electron chi connectivity index (χ4n) is 2.88.